The van der Waals surface area contributed by atoms with Crippen molar-refractivity contribution in [3.05, 3.63) is 48.2 Å². The van der Waals surface area contributed by atoms with Gasteiger partial charge in [0.05, 0.1) is 17.2 Å². The highest BCUT2D eigenvalue weighted by Gasteiger charge is 2.27. The molecule has 0 bridgehead atoms. The molecule has 0 saturated carbocycles. The molecule has 2 heterocycles. The van der Waals surface area contributed by atoms with Crippen LogP contribution >= 0.6 is 0 Å². The molecule has 0 radical (unpaired) electrons. The molecule has 2 aromatic rings. The second-order valence-electron chi connectivity index (χ2n) is 9.51. The van der Waals surface area contributed by atoms with Crippen molar-refractivity contribution < 1.29 is 17.9 Å². The molecule has 0 N–H and O–H groups in total. The zero-order valence-electron chi connectivity index (χ0n) is 20.7. The summed E-state index contributed by atoms with van der Waals surface area (Å²) in [4.78, 5) is 21.5. The third kappa shape index (κ3) is 7.27. The van der Waals surface area contributed by atoms with Crippen LogP contribution in [-0.4, -0.2) is 67.8 Å². The molecule has 1 fully saturated rings. The van der Waals surface area contributed by atoms with E-state index in [0.29, 0.717) is 23.5 Å². The van der Waals surface area contributed by atoms with Crippen LogP contribution in [0.3, 0.4) is 0 Å². The fraction of sp³-hybridized carbons (Fsp3) is 0.538. The van der Waals surface area contributed by atoms with E-state index in [9.17, 15) is 13.2 Å². The highest BCUT2D eigenvalue weighted by atomic mass is 32.2. The zero-order valence-corrected chi connectivity index (χ0v) is 21.6. The first kappa shape index (κ1) is 26.2. The Kier molecular flexibility index (Phi) is 9.08. The Hall–Kier alpha value is -2.45. The number of sulfone groups is 1. The second-order valence-corrected chi connectivity index (χ2v) is 11.5. The molecule has 1 aliphatic rings. The van der Waals surface area contributed by atoms with Gasteiger partial charge in [-0.3, -0.25) is 9.88 Å². The number of amides is 1. The van der Waals surface area contributed by atoms with E-state index in [1.807, 2.05) is 31.0 Å². The SMILES string of the molecule is CCCN(Cc1ccc(-c2ccc(S(C)(=O)=O)cc2)nc1)C1CCN(C(=O)OCC(C)C)CC1. The van der Waals surface area contributed by atoms with Crippen LogP contribution in [0.4, 0.5) is 4.79 Å². The molecule has 7 nitrogen and oxygen atoms in total. The van der Waals surface area contributed by atoms with Crippen LogP contribution in [0.5, 0.6) is 0 Å². The molecule has 0 unspecified atom stereocenters. The number of rotatable bonds is 9. The maximum absolute atomic E-state index is 12.3. The maximum Gasteiger partial charge on any atom is 0.409 e. The lowest BCUT2D eigenvalue weighted by Crippen LogP contribution is -2.47. The number of likely N-dealkylation sites (tertiary alicyclic amines) is 1. The number of hydrogen-bond donors (Lipinski definition) is 0. The van der Waals surface area contributed by atoms with E-state index < -0.39 is 9.84 Å². The summed E-state index contributed by atoms with van der Waals surface area (Å²) < 4.78 is 28.7. The van der Waals surface area contributed by atoms with Gasteiger partial charge in [0.25, 0.3) is 0 Å². The number of benzene rings is 1. The number of piperidine rings is 1. The number of carbonyl (C=O) groups is 1. The molecule has 0 aliphatic carbocycles. The Balaban J connectivity index is 1.59. The highest BCUT2D eigenvalue weighted by molar-refractivity contribution is 7.90. The normalized spacial score (nSPS) is 15.2. The van der Waals surface area contributed by atoms with Gasteiger partial charge in [-0.05, 0) is 55.5 Å². The molecule has 186 valence electrons. The molecule has 1 aromatic carbocycles. The molecule has 0 atom stereocenters. The molecular weight excluding hydrogens is 450 g/mol. The fourth-order valence-electron chi connectivity index (χ4n) is 4.22. The molecule has 1 saturated heterocycles. The number of hydrogen-bond acceptors (Lipinski definition) is 6. The minimum atomic E-state index is -3.21. The zero-order chi connectivity index (χ0) is 24.7. The Labute approximate surface area is 204 Å². The summed E-state index contributed by atoms with van der Waals surface area (Å²) in [5.41, 5.74) is 2.85. The molecule has 34 heavy (non-hydrogen) atoms. The van der Waals surface area contributed by atoms with Gasteiger partial charge in [-0.2, -0.15) is 0 Å². The lowest BCUT2D eigenvalue weighted by Gasteiger charge is -2.38. The van der Waals surface area contributed by atoms with Gasteiger partial charge in [0, 0.05) is 43.7 Å². The van der Waals surface area contributed by atoms with Crippen LogP contribution in [0, 0.1) is 5.92 Å². The van der Waals surface area contributed by atoms with Crippen LogP contribution in [0.1, 0.15) is 45.6 Å². The first-order valence-corrected chi connectivity index (χ1v) is 14.0. The van der Waals surface area contributed by atoms with Crippen molar-refractivity contribution in [1.29, 1.82) is 0 Å². The lowest BCUT2D eigenvalue weighted by atomic mass is 10.0. The third-order valence-electron chi connectivity index (χ3n) is 6.08. The summed E-state index contributed by atoms with van der Waals surface area (Å²) in [7, 11) is -3.21. The van der Waals surface area contributed by atoms with Gasteiger partial charge in [-0.15, -0.1) is 0 Å². The van der Waals surface area contributed by atoms with Crippen LogP contribution in [-0.2, 0) is 21.1 Å². The quantitative estimate of drug-likeness (QED) is 0.513. The van der Waals surface area contributed by atoms with E-state index in [-0.39, 0.29) is 6.09 Å². The minimum Gasteiger partial charge on any atom is -0.449 e. The average Bonchev–Trinajstić information content (AvgIpc) is 2.82. The topological polar surface area (TPSA) is 79.8 Å². The molecule has 3 rings (SSSR count). The second kappa shape index (κ2) is 11.8. The molecule has 0 spiro atoms. The lowest BCUT2D eigenvalue weighted by molar-refractivity contribution is 0.0637. The van der Waals surface area contributed by atoms with Crippen molar-refractivity contribution in [3.8, 4) is 11.3 Å². The van der Waals surface area contributed by atoms with Crippen molar-refractivity contribution in [1.82, 2.24) is 14.8 Å². The summed E-state index contributed by atoms with van der Waals surface area (Å²) in [5.74, 6) is 0.341. The number of ether oxygens (including phenoxy) is 1. The van der Waals surface area contributed by atoms with Gasteiger partial charge in [0.2, 0.25) is 0 Å². The van der Waals surface area contributed by atoms with E-state index in [1.165, 1.54) is 6.26 Å². The Morgan fingerprint density at radius 3 is 2.35 bits per heavy atom. The molecule has 1 aliphatic heterocycles. The van der Waals surface area contributed by atoms with E-state index in [1.54, 1.807) is 24.3 Å². The van der Waals surface area contributed by atoms with Crippen molar-refractivity contribution in [2.75, 3.05) is 32.5 Å². The Bertz CT molecular complexity index is 1030. The monoisotopic (exact) mass is 487 g/mol. The Morgan fingerprint density at radius 1 is 1.15 bits per heavy atom. The predicted molar refractivity (Wildman–Crippen MR) is 134 cm³/mol. The fourth-order valence-corrected chi connectivity index (χ4v) is 4.85. The molecule has 8 heteroatoms. The summed E-state index contributed by atoms with van der Waals surface area (Å²) in [5, 5.41) is 0. The largest absolute Gasteiger partial charge is 0.449 e. The molecule has 1 amide bonds. The van der Waals surface area contributed by atoms with Crippen molar-refractivity contribution >= 4 is 15.9 Å². The van der Waals surface area contributed by atoms with Gasteiger partial charge in [0.1, 0.15) is 0 Å². The van der Waals surface area contributed by atoms with Gasteiger partial charge < -0.3 is 9.64 Å². The average molecular weight is 488 g/mol. The predicted octanol–water partition coefficient (Wildman–Crippen LogP) is 4.62. The van der Waals surface area contributed by atoms with E-state index in [0.717, 1.165) is 62.3 Å². The summed E-state index contributed by atoms with van der Waals surface area (Å²) in [6.45, 7) is 9.99. The Morgan fingerprint density at radius 2 is 1.82 bits per heavy atom. The standard InChI is InChI=1S/C26H37N3O4S/c1-5-14-29(23-12-15-28(16-13-23)26(30)33-19-20(2)3)18-21-6-11-25(27-17-21)22-7-9-24(10-8-22)34(4,31)32/h6-11,17,20,23H,5,12-16,18-19H2,1-4H3. The van der Waals surface area contributed by atoms with Crippen LogP contribution in [0.15, 0.2) is 47.5 Å². The number of aromatic nitrogens is 1. The van der Waals surface area contributed by atoms with E-state index in [2.05, 4.69) is 22.9 Å². The van der Waals surface area contributed by atoms with Crippen LogP contribution in [0.25, 0.3) is 11.3 Å². The maximum atomic E-state index is 12.3. The number of carbonyl (C=O) groups excluding carboxylic acids is 1. The van der Waals surface area contributed by atoms with Crippen molar-refractivity contribution in [3.63, 3.8) is 0 Å². The highest BCUT2D eigenvalue weighted by Crippen LogP contribution is 2.23. The summed E-state index contributed by atoms with van der Waals surface area (Å²) >= 11 is 0. The first-order chi connectivity index (χ1) is 16.2. The summed E-state index contributed by atoms with van der Waals surface area (Å²) in [6, 6.07) is 11.3. The minimum absolute atomic E-state index is 0.196. The van der Waals surface area contributed by atoms with Gasteiger partial charge in [-0.1, -0.05) is 39.0 Å². The van der Waals surface area contributed by atoms with Gasteiger partial charge in [-0.25, -0.2) is 13.2 Å². The third-order valence-corrected chi connectivity index (χ3v) is 7.21. The van der Waals surface area contributed by atoms with Crippen LogP contribution in [0.2, 0.25) is 0 Å². The van der Waals surface area contributed by atoms with E-state index >= 15 is 0 Å². The number of nitrogens with zero attached hydrogens (tertiary/aromatic N) is 3. The van der Waals surface area contributed by atoms with E-state index in [4.69, 9.17) is 4.74 Å². The smallest absolute Gasteiger partial charge is 0.409 e. The first-order valence-electron chi connectivity index (χ1n) is 12.1. The van der Waals surface area contributed by atoms with Crippen molar-refractivity contribution in [2.24, 2.45) is 5.92 Å². The van der Waals surface area contributed by atoms with Crippen molar-refractivity contribution in [2.45, 2.75) is 57.5 Å². The molecule has 1 aromatic heterocycles. The van der Waals surface area contributed by atoms with Gasteiger partial charge in [0.15, 0.2) is 9.84 Å². The molecular formula is C26H37N3O4S. The van der Waals surface area contributed by atoms with Gasteiger partial charge >= 0.3 is 6.09 Å². The number of pyridine rings is 1. The van der Waals surface area contributed by atoms with Crippen LogP contribution < -0.4 is 0 Å². The summed E-state index contributed by atoms with van der Waals surface area (Å²) in [6.07, 6.45) is 5.86.